The van der Waals surface area contributed by atoms with E-state index in [1.165, 1.54) is 88.2 Å². The van der Waals surface area contributed by atoms with E-state index in [1.807, 2.05) is 0 Å². The first kappa shape index (κ1) is 39.2. The van der Waals surface area contributed by atoms with Crippen LogP contribution in [0.15, 0.2) is 60.7 Å². The van der Waals surface area contributed by atoms with E-state index in [1.54, 1.807) is 26.6 Å². The number of aliphatic hydroxyl groups excluding tert-OH is 1. The first-order valence-electron chi connectivity index (χ1n) is 18.7. The monoisotopic (exact) mass is 806 g/mol. The van der Waals surface area contributed by atoms with E-state index in [4.69, 9.17) is 0 Å². The Balaban J connectivity index is 2.98. The zero-order valence-corrected chi connectivity index (χ0v) is 35.1. The number of benzene rings is 2. The molecule has 2 aromatic carbocycles. The molecule has 0 spiro atoms. The van der Waals surface area contributed by atoms with Crippen molar-refractivity contribution < 1.29 is 5.11 Å². The number of hydrogen-bond acceptors (Lipinski definition) is 1. The third-order valence-electron chi connectivity index (χ3n) is 10.8. The fourth-order valence-electron chi connectivity index (χ4n) is 8.61. The van der Waals surface area contributed by atoms with Gasteiger partial charge in [-0.05, 0) is 0 Å². The molecule has 0 radical (unpaired) electrons. The Morgan fingerprint density at radius 3 is 1.14 bits per heavy atom. The number of hydrogen-bond donors (Lipinski definition) is 1. The molecule has 0 saturated heterocycles. The Hall–Kier alpha value is -0.00260. The van der Waals surface area contributed by atoms with Gasteiger partial charge in [0.1, 0.15) is 0 Å². The summed E-state index contributed by atoms with van der Waals surface area (Å²) in [5.74, 6) is 0.382. The molecule has 3 heteroatoms. The molecule has 2 aromatic rings. The van der Waals surface area contributed by atoms with Crippen LogP contribution in [0.25, 0.3) is 0 Å². The molecule has 0 heterocycles. The minimum absolute atomic E-state index is 0.353. The Kier molecular flexibility index (Phi) is 20.5. The van der Waals surface area contributed by atoms with Crippen molar-refractivity contribution in [2.75, 3.05) is 0 Å². The predicted molar refractivity (Wildman–Crippen MR) is 199 cm³/mol. The van der Waals surface area contributed by atoms with Crippen LogP contribution in [-0.2, 0) is 6.42 Å². The summed E-state index contributed by atoms with van der Waals surface area (Å²) in [4.78, 5) is 0. The van der Waals surface area contributed by atoms with Gasteiger partial charge in [-0.3, -0.25) is 0 Å². The first-order valence-corrected chi connectivity index (χ1v) is 34.1. The summed E-state index contributed by atoms with van der Waals surface area (Å²) >= 11 is -5.66. The Morgan fingerprint density at radius 1 is 0.488 bits per heavy atom. The second-order valence-electron chi connectivity index (χ2n) is 14.0. The second kappa shape index (κ2) is 22.5. The van der Waals surface area contributed by atoms with E-state index in [0.29, 0.717) is 5.92 Å². The van der Waals surface area contributed by atoms with Crippen LogP contribution >= 0.6 is 0 Å². The van der Waals surface area contributed by atoms with Gasteiger partial charge in [0, 0.05) is 0 Å². The first-order chi connectivity index (χ1) is 21.0. The molecule has 0 unspecified atom stereocenters. The average molecular weight is 804 g/mol. The zero-order valence-electron chi connectivity index (χ0n) is 29.4. The molecular weight excluding hydrogens is 734 g/mol. The molecule has 1 N–H and O–H groups in total. The van der Waals surface area contributed by atoms with Gasteiger partial charge in [0.2, 0.25) is 0 Å². The zero-order chi connectivity index (χ0) is 31.4. The molecule has 244 valence electrons. The van der Waals surface area contributed by atoms with Gasteiger partial charge < -0.3 is 0 Å². The summed E-state index contributed by atoms with van der Waals surface area (Å²) in [6.07, 6.45) is 17.2. The van der Waals surface area contributed by atoms with Gasteiger partial charge in [0.15, 0.2) is 0 Å². The summed E-state index contributed by atoms with van der Waals surface area (Å²) in [7, 11) is 0. The Morgan fingerprint density at radius 2 is 0.814 bits per heavy atom. The van der Waals surface area contributed by atoms with Gasteiger partial charge in [-0.25, -0.2) is 0 Å². The summed E-state index contributed by atoms with van der Waals surface area (Å²) in [6, 6.07) is 22.3. The Bertz CT molecular complexity index is 854. The van der Waals surface area contributed by atoms with Crippen molar-refractivity contribution in [2.24, 2.45) is 5.92 Å². The van der Waals surface area contributed by atoms with Crippen molar-refractivity contribution in [3.63, 3.8) is 0 Å². The van der Waals surface area contributed by atoms with Gasteiger partial charge in [-0.2, -0.15) is 0 Å². The fourth-order valence-corrected chi connectivity index (χ4v) is 88.4. The molecule has 0 aliphatic rings. The van der Waals surface area contributed by atoms with E-state index >= 15 is 0 Å². The van der Waals surface area contributed by atoms with Gasteiger partial charge in [-0.1, -0.05) is 0 Å². The van der Waals surface area contributed by atoms with Gasteiger partial charge in [0.05, 0.1) is 0 Å². The summed E-state index contributed by atoms with van der Waals surface area (Å²) in [5.41, 5.74) is 2.63. The van der Waals surface area contributed by atoms with Crippen LogP contribution in [0, 0.1) is 5.92 Å². The van der Waals surface area contributed by atoms with Crippen LogP contribution in [0.5, 0.6) is 0 Å². The van der Waals surface area contributed by atoms with Crippen LogP contribution in [0.4, 0.5) is 0 Å². The molecule has 0 amide bonds. The molecule has 2 atom stereocenters. The van der Waals surface area contributed by atoms with E-state index < -0.39 is 36.8 Å². The second-order valence-corrected chi connectivity index (χ2v) is 46.4. The van der Waals surface area contributed by atoms with Gasteiger partial charge >= 0.3 is 279 Å². The van der Waals surface area contributed by atoms with Crippen molar-refractivity contribution in [3.8, 4) is 0 Å². The van der Waals surface area contributed by atoms with Crippen LogP contribution in [0.3, 0.4) is 0 Å². The normalized spacial score (nSPS) is 13.9. The number of aliphatic hydroxyl groups is 1. The molecule has 0 saturated carbocycles. The van der Waals surface area contributed by atoms with Gasteiger partial charge in [0.25, 0.3) is 0 Å². The molecule has 0 fully saturated rings. The maximum absolute atomic E-state index is 12.8. The topological polar surface area (TPSA) is 20.2 Å². The molecular formula is C40H70OSn2. The van der Waals surface area contributed by atoms with E-state index in [0.717, 1.165) is 8.37 Å². The van der Waals surface area contributed by atoms with Crippen molar-refractivity contribution in [3.05, 3.63) is 71.8 Å². The van der Waals surface area contributed by atoms with Crippen LogP contribution in [0.2, 0.25) is 28.6 Å². The molecule has 0 bridgehead atoms. The van der Waals surface area contributed by atoms with Crippen molar-refractivity contribution in [1.82, 2.24) is 0 Å². The molecule has 2 rings (SSSR count). The van der Waals surface area contributed by atoms with Gasteiger partial charge in [-0.15, -0.1) is 0 Å². The minimum atomic E-state index is -2.83. The van der Waals surface area contributed by atoms with Crippen molar-refractivity contribution >= 4 is 36.8 Å². The van der Waals surface area contributed by atoms with Crippen LogP contribution < -0.4 is 0 Å². The summed E-state index contributed by atoms with van der Waals surface area (Å²) in [5, 5.41) is 12.8. The third kappa shape index (κ3) is 12.3. The van der Waals surface area contributed by atoms with E-state index in [9.17, 15) is 5.11 Å². The number of rotatable bonds is 25. The SMILES string of the molecule is CCC[CH2][Sn]([CH2]CCC)([CH2]CCC)[CH]([C@@H](Cc1ccccc1)[C@@H](O)c1ccccc1)[Sn]([CH2]CCC)([CH2]CCC)[CH2]CCC. The quantitative estimate of drug-likeness (QED) is 0.0992. The molecule has 1 nitrogen and oxygen atoms in total. The summed E-state index contributed by atoms with van der Waals surface area (Å²) in [6.45, 7) is 14.6. The third-order valence-corrected chi connectivity index (χ3v) is 67.3. The van der Waals surface area contributed by atoms with Crippen molar-refractivity contribution in [2.45, 2.75) is 160 Å². The van der Waals surface area contributed by atoms with E-state index in [2.05, 4.69) is 102 Å². The van der Waals surface area contributed by atoms with Crippen molar-refractivity contribution in [1.29, 1.82) is 0 Å². The van der Waals surface area contributed by atoms with Crippen LogP contribution in [-0.4, -0.2) is 41.9 Å². The van der Waals surface area contributed by atoms with Crippen LogP contribution in [0.1, 0.15) is 136 Å². The predicted octanol–water partition coefficient (Wildman–Crippen LogP) is 13.2. The molecule has 0 aliphatic heterocycles. The van der Waals surface area contributed by atoms with E-state index in [-0.39, 0.29) is 6.10 Å². The Labute approximate surface area is 277 Å². The number of unbranched alkanes of at least 4 members (excludes halogenated alkanes) is 6. The fraction of sp³-hybridized carbons (Fsp3) is 0.700. The summed E-state index contributed by atoms with van der Waals surface area (Å²) < 4.78 is 10.4. The maximum atomic E-state index is 12.8. The molecule has 43 heavy (non-hydrogen) atoms. The molecule has 0 aliphatic carbocycles. The molecule has 0 aromatic heterocycles. The average Bonchev–Trinajstić information content (AvgIpc) is 3.05. The standard InChI is InChI=1S/C16H16O.6C4H9.2Sn/c1-13(12-14-8-4-2-5-9-14)16(17)15-10-6-3-7-11-15;6*1-3-4-2;;/h1-11,13,16-17H,12H2;6*1,3-4H2,2H3;;/t13-,16+;;;;;;;;/m0......../s1.